The number of benzene rings is 2. The molecule has 1 saturated heterocycles. The number of hydrogen-bond acceptors (Lipinski definition) is 4. The first-order valence-corrected chi connectivity index (χ1v) is 11.4. The maximum Gasteiger partial charge on any atom is 0.243 e. The molecule has 0 aromatic heterocycles. The molecule has 166 valence electrons. The van der Waals surface area contributed by atoms with Crippen molar-refractivity contribution in [1.82, 2.24) is 10.0 Å². The van der Waals surface area contributed by atoms with Gasteiger partial charge in [-0.3, -0.25) is 9.59 Å². The number of sulfonamides is 1. The second kappa shape index (κ2) is 9.97. The highest BCUT2D eigenvalue weighted by Gasteiger charge is 2.21. The minimum atomic E-state index is -4.13. The van der Waals surface area contributed by atoms with Crippen LogP contribution in [0.3, 0.4) is 0 Å². The van der Waals surface area contributed by atoms with Gasteiger partial charge >= 0.3 is 0 Å². The van der Waals surface area contributed by atoms with Gasteiger partial charge in [0, 0.05) is 44.2 Å². The zero-order chi connectivity index (χ0) is 22.4. The van der Waals surface area contributed by atoms with Gasteiger partial charge in [0.15, 0.2) is 0 Å². The van der Waals surface area contributed by atoms with E-state index in [1.54, 1.807) is 4.90 Å². The molecule has 31 heavy (non-hydrogen) atoms. The van der Waals surface area contributed by atoms with E-state index in [0.717, 1.165) is 29.8 Å². The van der Waals surface area contributed by atoms with E-state index in [1.807, 2.05) is 24.3 Å². The number of amides is 2. The Morgan fingerprint density at radius 1 is 1.10 bits per heavy atom. The normalized spacial score (nSPS) is 14.1. The molecular formula is C21H23F2N3O4S. The zero-order valence-electron chi connectivity index (χ0n) is 16.7. The van der Waals surface area contributed by atoms with Crippen LogP contribution in [0, 0.1) is 11.6 Å². The number of hydrogen-bond donors (Lipinski definition) is 2. The van der Waals surface area contributed by atoms with E-state index < -0.39 is 26.6 Å². The largest absolute Gasteiger partial charge is 0.352 e. The smallest absolute Gasteiger partial charge is 0.243 e. The number of nitrogens with one attached hydrogen (secondary N) is 2. The predicted octanol–water partition coefficient (Wildman–Crippen LogP) is 2.47. The SMILES string of the molecule is O=C(CCCNS(=O)(=O)c1ccc(F)cc1F)NCc1ccc(N2CCCC2=O)cc1. The van der Waals surface area contributed by atoms with Crippen LogP contribution in [0.15, 0.2) is 47.4 Å². The molecule has 0 bridgehead atoms. The molecule has 10 heteroatoms. The van der Waals surface area contributed by atoms with Crippen LogP contribution in [0.4, 0.5) is 14.5 Å². The molecule has 0 unspecified atom stereocenters. The second-order valence-electron chi connectivity index (χ2n) is 7.17. The van der Waals surface area contributed by atoms with Crippen LogP contribution in [0.1, 0.15) is 31.2 Å². The molecular weight excluding hydrogens is 428 g/mol. The summed E-state index contributed by atoms with van der Waals surface area (Å²) in [7, 11) is -4.13. The van der Waals surface area contributed by atoms with E-state index >= 15 is 0 Å². The van der Waals surface area contributed by atoms with E-state index in [-0.39, 0.29) is 31.2 Å². The molecule has 2 amide bonds. The monoisotopic (exact) mass is 451 g/mol. The van der Waals surface area contributed by atoms with E-state index in [1.165, 1.54) is 0 Å². The fourth-order valence-corrected chi connectivity index (χ4v) is 4.36. The summed E-state index contributed by atoms with van der Waals surface area (Å²) in [5, 5.41) is 2.74. The molecule has 0 radical (unpaired) electrons. The summed E-state index contributed by atoms with van der Waals surface area (Å²) >= 11 is 0. The zero-order valence-corrected chi connectivity index (χ0v) is 17.6. The lowest BCUT2D eigenvalue weighted by atomic mass is 10.2. The number of carbonyl (C=O) groups is 2. The molecule has 1 aliphatic heterocycles. The Morgan fingerprint density at radius 2 is 1.84 bits per heavy atom. The molecule has 0 aliphatic carbocycles. The van der Waals surface area contributed by atoms with Crippen LogP contribution in [0.25, 0.3) is 0 Å². The van der Waals surface area contributed by atoms with E-state index in [0.29, 0.717) is 25.6 Å². The predicted molar refractivity (Wildman–Crippen MR) is 111 cm³/mol. The summed E-state index contributed by atoms with van der Waals surface area (Å²) in [5.41, 5.74) is 1.71. The molecule has 0 saturated carbocycles. The van der Waals surface area contributed by atoms with Gasteiger partial charge in [-0.2, -0.15) is 0 Å². The Morgan fingerprint density at radius 3 is 2.48 bits per heavy atom. The van der Waals surface area contributed by atoms with Crippen molar-refractivity contribution in [3.8, 4) is 0 Å². The highest BCUT2D eigenvalue weighted by atomic mass is 32.2. The fourth-order valence-electron chi connectivity index (χ4n) is 3.23. The van der Waals surface area contributed by atoms with Crippen LogP contribution in [-0.2, 0) is 26.2 Å². The van der Waals surface area contributed by atoms with Crippen molar-refractivity contribution in [2.45, 2.75) is 37.1 Å². The maximum absolute atomic E-state index is 13.6. The number of carbonyl (C=O) groups excluding carboxylic acids is 2. The summed E-state index contributed by atoms with van der Waals surface area (Å²) in [6.45, 7) is 0.956. The summed E-state index contributed by atoms with van der Waals surface area (Å²) in [5.74, 6) is -2.19. The van der Waals surface area contributed by atoms with Crippen LogP contribution < -0.4 is 14.9 Å². The fraction of sp³-hybridized carbons (Fsp3) is 0.333. The van der Waals surface area contributed by atoms with E-state index in [9.17, 15) is 26.8 Å². The van der Waals surface area contributed by atoms with Crippen molar-refractivity contribution in [1.29, 1.82) is 0 Å². The molecule has 2 aromatic rings. The molecule has 0 spiro atoms. The maximum atomic E-state index is 13.6. The van der Waals surface area contributed by atoms with Gasteiger partial charge in [0.05, 0.1) is 0 Å². The molecule has 7 nitrogen and oxygen atoms in total. The quantitative estimate of drug-likeness (QED) is 0.573. The van der Waals surface area contributed by atoms with Gasteiger partial charge in [0.2, 0.25) is 21.8 Å². The van der Waals surface area contributed by atoms with Gasteiger partial charge < -0.3 is 10.2 Å². The average molecular weight is 451 g/mol. The molecule has 3 rings (SSSR count). The van der Waals surface area contributed by atoms with Crippen LogP contribution in [0.5, 0.6) is 0 Å². The Balaban J connectivity index is 1.40. The number of nitrogens with zero attached hydrogens (tertiary/aromatic N) is 1. The van der Waals surface area contributed by atoms with E-state index in [4.69, 9.17) is 0 Å². The number of rotatable bonds is 9. The van der Waals surface area contributed by atoms with Gasteiger partial charge in [-0.05, 0) is 42.7 Å². The average Bonchev–Trinajstić information content (AvgIpc) is 3.15. The third-order valence-corrected chi connectivity index (χ3v) is 6.36. The van der Waals surface area contributed by atoms with Crippen molar-refractivity contribution < 1.29 is 26.8 Å². The summed E-state index contributed by atoms with van der Waals surface area (Å²) in [6, 6.07) is 9.57. The minimum absolute atomic E-state index is 0.0644. The van der Waals surface area contributed by atoms with Crippen molar-refractivity contribution in [3.05, 3.63) is 59.7 Å². The molecule has 1 heterocycles. The van der Waals surface area contributed by atoms with Gasteiger partial charge in [0.25, 0.3) is 0 Å². The Bertz CT molecular complexity index is 1060. The van der Waals surface area contributed by atoms with Crippen LogP contribution in [-0.4, -0.2) is 33.3 Å². The van der Waals surface area contributed by atoms with Crippen molar-refractivity contribution in [2.75, 3.05) is 18.0 Å². The third kappa shape index (κ3) is 6.08. The summed E-state index contributed by atoms with van der Waals surface area (Å²) < 4.78 is 52.9. The summed E-state index contributed by atoms with van der Waals surface area (Å²) in [6.07, 6.45) is 1.71. The van der Waals surface area contributed by atoms with Gasteiger partial charge in [-0.1, -0.05) is 12.1 Å². The molecule has 1 aliphatic rings. The second-order valence-corrected chi connectivity index (χ2v) is 8.90. The van der Waals surface area contributed by atoms with Gasteiger partial charge in [-0.25, -0.2) is 21.9 Å². The molecule has 2 aromatic carbocycles. The first-order valence-electron chi connectivity index (χ1n) is 9.87. The van der Waals surface area contributed by atoms with Crippen molar-refractivity contribution in [3.63, 3.8) is 0 Å². The van der Waals surface area contributed by atoms with Gasteiger partial charge in [-0.15, -0.1) is 0 Å². The van der Waals surface area contributed by atoms with Crippen LogP contribution in [0.2, 0.25) is 0 Å². The molecule has 2 N–H and O–H groups in total. The highest BCUT2D eigenvalue weighted by Crippen LogP contribution is 2.21. The lowest BCUT2D eigenvalue weighted by Gasteiger charge is -2.16. The minimum Gasteiger partial charge on any atom is -0.352 e. The topological polar surface area (TPSA) is 95.6 Å². The van der Waals surface area contributed by atoms with Crippen molar-refractivity contribution in [2.24, 2.45) is 0 Å². The third-order valence-electron chi connectivity index (χ3n) is 4.87. The highest BCUT2D eigenvalue weighted by molar-refractivity contribution is 7.89. The van der Waals surface area contributed by atoms with E-state index in [2.05, 4.69) is 10.0 Å². The Labute approximate surface area is 179 Å². The molecule has 0 atom stereocenters. The molecule has 1 fully saturated rings. The Kier molecular flexibility index (Phi) is 7.34. The first kappa shape index (κ1) is 22.8. The first-order chi connectivity index (χ1) is 14.8. The number of halogens is 2. The summed E-state index contributed by atoms with van der Waals surface area (Å²) in [4.78, 5) is 24.8. The Hall–Kier alpha value is -2.85. The lowest BCUT2D eigenvalue weighted by Crippen LogP contribution is -2.28. The standard InChI is InChI=1S/C21H23F2N3O4S/c22-16-7-10-19(18(23)13-16)31(29,30)25-11-1-3-20(27)24-14-15-5-8-17(9-6-15)26-12-2-4-21(26)28/h5-10,13,25H,1-4,11-12,14H2,(H,24,27). The van der Waals surface area contributed by atoms with Gasteiger partial charge in [0.1, 0.15) is 16.5 Å². The lowest BCUT2D eigenvalue weighted by molar-refractivity contribution is -0.121. The van der Waals surface area contributed by atoms with Crippen LogP contribution >= 0.6 is 0 Å². The number of anilines is 1. The van der Waals surface area contributed by atoms with Crippen molar-refractivity contribution >= 4 is 27.5 Å².